The van der Waals surface area contributed by atoms with Gasteiger partial charge in [0, 0.05) is 6.42 Å². The second-order valence-corrected chi connectivity index (χ2v) is 3.27. The lowest BCUT2D eigenvalue weighted by Crippen LogP contribution is -2.28. The summed E-state index contributed by atoms with van der Waals surface area (Å²) < 4.78 is 0. The Bertz CT molecular complexity index is 160. The van der Waals surface area contributed by atoms with Gasteiger partial charge in [0.25, 0.3) is 0 Å². The Morgan fingerprint density at radius 3 is 1.83 bits per heavy atom. The van der Waals surface area contributed by atoms with E-state index in [2.05, 4.69) is 6.92 Å². The summed E-state index contributed by atoms with van der Waals surface area (Å²) in [7, 11) is 0. The first-order valence-electron chi connectivity index (χ1n) is 6.09. The highest BCUT2D eigenvalue weighted by atomic mass is 16.9. The minimum absolute atomic E-state index is 0.0366. The molecule has 7 heteroatoms. The number of aliphatic hydroxyl groups is 2. The van der Waals surface area contributed by atoms with Gasteiger partial charge in [-0.25, -0.2) is 0 Å². The van der Waals surface area contributed by atoms with Crippen LogP contribution in [-0.4, -0.2) is 59.5 Å². The van der Waals surface area contributed by atoms with Crippen molar-refractivity contribution in [1.82, 2.24) is 5.23 Å². The molecule has 0 saturated heterocycles. The predicted molar refractivity (Wildman–Crippen MR) is 65.6 cm³/mol. The number of unbranched alkanes of at least 4 members (excludes halogenated alkanes) is 1. The van der Waals surface area contributed by atoms with Crippen LogP contribution in [-0.2, 0) is 14.5 Å². The molecule has 0 aromatic rings. The number of rotatable bonds is 10. The second kappa shape index (κ2) is 16.3. The van der Waals surface area contributed by atoms with Crippen molar-refractivity contribution in [3.63, 3.8) is 0 Å². The summed E-state index contributed by atoms with van der Waals surface area (Å²) in [6.45, 7) is 4.68. The largest absolute Gasteiger partial charge is 0.481 e. The zero-order valence-electron chi connectivity index (χ0n) is 11.2. The van der Waals surface area contributed by atoms with E-state index in [1.54, 1.807) is 6.92 Å². The highest BCUT2D eigenvalue weighted by Gasteiger charge is 2.03. The van der Waals surface area contributed by atoms with Crippen LogP contribution in [0.1, 0.15) is 33.1 Å². The molecular formula is C11H25NO6. The number of carbonyl (C=O) groups is 1. The van der Waals surface area contributed by atoms with Crippen LogP contribution < -0.4 is 0 Å². The fourth-order valence-electron chi connectivity index (χ4n) is 0.739. The molecular weight excluding hydrogens is 242 g/mol. The van der Waals surface area contributed by atoms with E-state index in [0.717, 1.165) is 12.8 Å². The Balaban J connectivity index is 0. The molecule has 0 aromatic heterocycles. The summed E-state index contributed by atoms with van der Waals surface area (Å²) in [6.07, 6.45) is 2.22. The lowest BCUT2D eigenvalue weighted by atomic mass is 10.3. The third-order valence-electron chi connectivity index (χ3n) is 1.65. The van der Waals surface area contributed by atoms with Gasteiger partial charge < -0.3 is 15.3 Å². The molecule has 0 fully saturated rings. The summed E-state index contributed by atoms with van der Waals surface area (Å²) in [5, 5.41) is 26.1. The van der Waals surface area contributed by atoms with E-state index in [4.69, 9.17) is 25.0 Å². The first kappa shape index (κ1) is 19.6. The van der Waals surface area contributed by atoms with Gasteiger partial charge in [-0.15, -0.1) is 0 Å². The molecule has 0 aliphatic heterocycles. The molecule has 0 saturated carbocycles. The molecule has 0 aromatic carbocycles. The fraction of sp³-hybridized carbons (Fsp3) is 0.909. The molecule has 3 N–H and O–H groups in total. The molecule has 0 aliphatic carbocycles. The van der Waals surface area contributed by atoms with Gasteiger partial charge in [-0.2, -0.15) is 0 Å². The highest BCUT2D eigenvalue weighted by Crippen LogP contribution is 1.97. The number of aliphatic hydroxyl groups excluding tert-OH is 2. The average molecular weight is 267 g/mol. The molecule has 0 heterocycles. The normalized spacial score (nSPS) is 10.1. The molecule has 7 nitrogen and oxygen atoms in total. The zero-order chi connectivity index (χ0) is 14.2. The third-order valence-corrected chi connectivity index (χ3v) is 1.65. The maximum absolute atomic E-state index is 9.37. The molecule has 0 rings (SSSR count). The number of nitrogens with zero attached hydrogens (tertiary/aromatic N) is 1. The minimum Gasteiger partial charge on any atom is -0.481 e. The van der Waals surface area contributed by atoms with Crippen molar-refractivity contribution in [2.24, 2.45) is 0 Å². The molecule has 0 bridgehead atoms. The van der Waals surface area contributed by atoms with E-state index in [-0.39, 0.29) is 32.8 Å². The Morgan fingerprint density at radius 2 is 1.56 bits per heavy atom. The van der Waals surface area contributed by atoms with Crippen LogP contribution in [0.4, 0.5) is 0 Å². The summed E-state index contributed by atoms with van der Waals surface area (Å²) in [4.78, 5) is 19.5. The quantitative estimate of drug-likeness (QED) is 0.493. The molecule has 18 heavy (non-hydrogen) atoms. The molecule has 0 amide bonds. The number of hydrogen-bond donors (Lipinski definition) is 3. The monoisotopic (exact) mass is 267 g/mol. The highest BCUT2D eigenvalue weighted by molar-refractivity contribution is 5.66. The van der Waals surface area contributed by atoms with E-state index < -0.39 is 5.97 Å². The summed E-state index contributed by atoms with van der Waals surface area (Å²) in [5.41, 5.74) is 0. The van der Waals surface area contributed by atoms with Gasteiger partial charge in [0.1, 0.15) is 0 Å². The Kier molecular flexibility index (Phi) is 17.7. The number of carboxylic acids is 1. The maximum atomic E-state index is 9.37. The predicted octanol–water partition coefficient (Wildman–Crippen LogP) is 0.417. The Labute approximate surface area is 108 Å². The zero-order valence-corrected chi connectivity index (χ0v) is 11.2. The van der Waals surface area contributed by atoms with Crippen molar-refractivity contribution in [2.45, 2.75) is 33.1 Å². The van der Waals surface area contributed by atoms with Crippen molar-refractivity contribution in [3.05, 3.63) is 0 Å². The number of hydroxylamine groups is 2. The van der Waals surface area contributed by atoms with Crippen LogP contribution in [0.2, 0.25) is 0 Å². The average Bonchev–Trinajstić information content (AvgIpc) is 2.38. The van der Waals surface area contributed by atoms with Gasteiger partial charge in [0.15, 0.2) is 0 Å². The summed E-state index contributed by atoms with van der Waals surface area (Å²) in [5.74, 6) is -0.745. The van der Waals surface area contributed by atoms with Crippen molar-refractivity contribution < 1.29 is 29.8 Å². The molecule has 0 unspecified atom stereocenters. The van der Waals surface area contributed by atoms with E-state index in [9.17, 15) is 4.79 Å². The van der Waals surface area contributed by atoms with Crippen LogP contribution in [0.5, 0.6) is 0 Å². The van der Waals surface area contributed by atoms with Crippen molar-refractivity contribution >= 4 is 5.97 Å². The van der Waals surface area contributed by atoms with Crippen LogP contribution >= 0.6 is 0 Å². The Morgan fingerprint density at radius 1 is 1.11 bits per heavy atom. The van der Waals surface area contributed by atoms with Crippen molar-refractivity contribution in [3.8, 4) is 0 Å². The molecule has 0 atom stereocenters. The second-order valence-electron chi connectivity index (χ2n) is 3.27. The van der Waals surface area contributed by atoms with Crippen LogP contribution in [0.25, 0.3) is 0 Å². The van der Waals surface area contributed by atoms with Gasteiger partial charge >= 0.3 is 5.97 Å². The number of carboxylic acid groups (broad SMARTS) is 1. The standard InChI is InChI=1S/C8H19NO4.C3H6O2/c1-2-3-4-9(12-7-5-10)13-8-6-11;1-2-3(4)5/h10-11H,2-8H2,1H3;2H2,1H3,(H,4,5). The Hall–Kier alpha value is -0.730. The summed E-state index contributed by atoms with van der Waals surface area (Å²) >= 11 is 0. The van der Waals surface area contributed by atoms with Gasteiger partial charge in [-0.1, -0.05) is 25.5 Å². The molecule has 0 aliphatic rings. The lowest BCUT2D eigenvalue weighted by Gasteiger charge is -2.19. The van der Waals surface area contributed by atoms with Gasteiger partial charge in [0.05, 0.1) is 33.0 Å². The molecule has 0 spiro atoms. The van der Waals surface area contributed by atoms with E-state index in [1.807, 2.05) is 0 Å². The third kappa shape index (κ3) is 17.7. The SMILES string of the molecule is CCC(=O)O.CCCCN(OCCO)OCCO. The van der Waals surface area contributed by atoms with Gasteiger partial charge in [0.2, 0.25) is 0 Å². The topological polar surface area (TPSA) is 99.5 Å². The van der Waals surface area contributed by atoms with Crippen molar-refractivity contribution in [2.75, 3.05) is 33.0 Å². The van der Waals surface area contributed by atoms with Gasteiger partial charge in [-0.05, 0) is 6.42 Å². The lowest BCUT2D eigenvalue weighted by molar-refractivity contribution is -0.371. The molecule has 0 radical (unpaired) electrons. The van der Waals surface area contributed by atoms with E-state index in [1.165, 1.54) is 5.23 Å². The van der Waals surface area contributed by atoms with Crippen LogP contribution in [0.3, 0.4) is 0 Å². The number of aliphatic carboxylic acids is 1. The van der Waals surface area contributed by atoms with E-state index in [0.29, 0.717) is 6.54 Å². The first-order chi connectivity index (χ1) is 8.62. The van der Waals surface area contributed by atoms with Crippen LogP contribution in [0, 0.1) is 0 Å². The van der Waals surface area contributed by atoms with E-state index >= 15 is 0 Å². The molecule has 110 valence electrons. The fourth-order valence-corrected chi connectivity index (χ4v) is 0.739. The maximum Gasteiger partial charge on any atom is 0.303 e. The summed E-state index contributed by atoms with van der Waals surface area (Å²) in [6, 6.07) is 0. The smallest absolute Gasteiger partial charge is 0.303 e. The minimum atomic E-state index is -0.745. The van der Waals surface area contributed by atoms with Gasteiger partial charge in [-0.3, -0.25) is 14.5 Å². The first-order valence-corrected chi connectivity index (χ1v) is 6.09. The number of hydrogen-bond acceptors (Lipinski definition) is 6. The van der Waals surface area contributed by atoms with Crippen molar-refractivity contribution in [1.29, 1.82) is 0 Å². The van der Waals surface area contributed by atoms with Crippen LogP contribution in [0.15, 0.2) is 0 Å².